The highest BCUT2D eigenvalue weighted by Crippen LogP contribution is 2.20. The second kappa shape index (κ2) is 3.46. The summed E-state index contributed by atoms with van der Waals surface area (Å²) in [6.07, 6.45) is 0.942. The number of nitrogens with zero attached hydrogens (tertiary/aromatic N) is 1. The summed E-state index contributed by atoms with van der Waals surface area (Å²) in [5.41, 5.74) is 9.09. The highest BCUT2D eigenvalue weighted by atomic mass is 14.8. The molecular formula is C11H18N2. The first-order chi connectivity index (χ1) is 5.95. The number of aryl methyl sites for hydroxylation is 2. The molecule has 0 unspecified atom stereocenters. The molecule has 0 radical (unpaired) electrons. The molecule has 1 aromatic rings. The highest BCUT2D eigenvalue weighted by Gasteiger charge is 2.18. The van der Waals surface area contributed by atoms with Crippen molar-refractivity contribution >= 4 is 0 Å². The van der Waals surface area contributed by atoms with E-state index in [0.29, 0.717) is 0 Å². The molecule has 0 saturated heterocycles. The average Bonchev–Trinajstić information content (AvgIpc) is 2.01. The maximum absolute atomic E-state index is 6.04. The number of hydrogen-bond donors (Lipinski definition) is 1. The molecule has 13 heavy (non-hydrogen) atoms. The Morgan fingerprint density at radius 2 is 2.00 bits per heavy atom. The summed E-state index contributed by atoms with van der Waals surface area (Å²) in [5.74, 6) is 0. The first kappa shape index (κ1) is 10.2. The van der Waals surface area contributed by atoms with Gasteiger partial charge in [0.25, 0.3) is 0 Å². The predicted molar refractivity (Wildman–Crippen MR) is 55.6 cm³/mol. The Hall–Kier alpha value is -0.890. The molecule has 0 spiro atoms. The van der Waals surface area contributed by atoms with Gasteiger partial charge in [0.2, 0.25) is 0 Å². The molecule has 0 atom stereocenters. The Morgan fingerprint density at radius 1 is 1.38 bits per heavy atom. The molecule has 0 saturated carbocycles. The van der Waals surface area contributed by atoms with Crippen LogP contribution in [0, 0.1) is 6.92 Å². The van der Waals surface area contributed by atoms with Crippen LogP contribution in [0.15, 0.2) is 12.1 Å². The number of pyridine rings is 1. The first-order valence-electron chi connectivity index (χ1n) is 4.71. The minimum Gasteiger partial charge on any atom is -0.322 e. The van der Waals surface area contributed by atoms with Gasteiger partial charge in [0.05, 0.1) is 0 Å². The van der Waals surface area contributed by atoms with Crippen molar-refractivity contribution in [3.8, 4) is 0 Å². The van der Waals surface area contributed by atoms with E-state index in [-0.39, 0.29) is 5.54 Å². The van der Waals surface area contributed by atoms with Gasteiger partial charge in [0, 0.05) is 16.9 Å². The summed E-state index contributed by atoms with van der Waals surface area (Å²) in [6.45, 7) is 8.14. The molecule has 1 heterocycles. The predicted octanol–water partition coefficient (Wildman–Crippen LogP) is 2.15. The van der Waals surface area contributed by atoms with Crippen molar-refractivity contribution in [2.24, 2.45) is 5.73 Å². The van der Waals surface area contributed by atoms with Gasteiger partial charge in [-0.15, -0.1) is 0 Å². The van der Waals surface area contributed by atoms with Gasteiger partial charge in [0.1, 0.15) is 0 Å². The highest BCUT2D eigenvalue weighted by molar-refractivity contribution is 5.28. The second-order valence-electron chi connectivity index (χ2n) is 4.02. The third-order valence-corrected chi connectivity index (χ3v) is 2.14. The lowest BCUT2D eigenvalue weighted by atomic mass is 9.93. The van der Waals surface area contributed by atoms with Gasteiger partial charge in [0.15, 0.2) is 0 Å². The van der Waals surface area contributed by atoms with E-state index in [0.717, 1.165) is 23.4 Å². The van der Waals surface area contributed by atoms with Crippen LogP contribution in [0.1, 0.15) is 37.7 Å². The zero-order valence-electron chi connectivity index (χ0n) is 8.89. The third-order valence-electron chi connectivity index (χ3n) is 2.14. The molecule has 1 aromatic heterocycles. The van der Waals surface area contributed by atoms with Crippen LogP contribution < -0.4 is 5.73 Å². The fraction of sp³-hybridized carbons (Fsp3) is 0.545. The van der Waals surface area contributed by atoms with Crippen LogP contribution in [0.5, 0.6) is 0 Å². The smallest absolute Gasteiger partial charge is 0.0454 e. The summed E-state index contributed by atoms with van der Waals surface area (Å²) >= 11 is 0. The summed E-state index contributed by atoms with van der Waals surface area (Å²) in [7, 11) is 0. The van der Waals surface area contributed by atoms with Gasteiger partial charge >= 0.3 is 0 Å². The second-order valence-corrected chi connectivity index (χ2v) is 4.02. The first-order valence-corrected chi connectivity index (χ1v) is 4.71. The molecule has 0 fully saturated rings. The van der Waals surface area contributed by atoms with Crippen LogP contribution in [0.25, 0.3) is 0 Å². The molecule has 0 aliphatic carbocycles. The lowest BCUT2D eigenvalue weighted by Crippen LogP contribution is -2.30. The minimum atomic E-state index is -0.286. The molecule has 0 aliphatic rings. The van der Waals surface area contributed by atoms with Crippen LogP contribution in [-0.2, 0) is 12.0 Å². The Kier molecular flexibility index (Phi) is 2.71. The largest absolute Gasteiger partial charge is 0.322 e. The lowest BCUT2D eigenvalue weighted by molar-refractivity contribution is 0.544. The molecule has 72 valence electrons. The van der Waals surface area contributed by atoms with Gasteiger partial charge < -0.3 is 5.73 Å². The van der Waals surface area contributed by atoms with Crippen LogP contribution in [0.3, 0.4) is 0 Å². The van der Waals surface area contributed by atoms with Crippen molar-refractivity contribution in [2.75, 3.05) is 0 Å². The van der Waals surface area contributed by atoms with E-state index in [4.69, 9.17) is 5.73 Å². The lowest BCUT2D eigenvalue weighted by Gasteiger charge is -2.22. The molecule has 2 N–H and O–H groups in total. The van der Waals surface area contributed by atoms with E-state index >= 15 is 0 Å². The molecule has 0 amide bonds. The van der Waals surface area contributed by atoms with E-state index in [1.807, 2.05) is 26.8 Å². The summed E-state index contributed by atoms with van der Waals surface area (Å²) in [6, 6.07) is 4.10. The average molecular weight is 178 g/mol. The van der Waals surface area contributed by atoms with Gasteiger partial charge in [-0.3, -0.25) is 4.98 Å². The van der Waals surface area contributed by atoms with Crippen LogP contribution in [-0.4, -0.2) is 4.98 Å². The molecule has 0 bridgehead atoms. The van der Waals surface area contributed by atoms with Crippen molar-refractivity contribution in [3.63, 3.8) is 0 Å². The standard InChI is InChI=1S/C11H18N2/c1-5-10-9(11(3,4)12)7-6-8(2)13-10/h6-7H,5,12H2,1-4H3. The zero-order chi connectivity index (χ0) is 10.1. The SMILES string of the molecule is CCc1nc(C)ccc1C(C)(C)N. The van der Waals surface area contributed by atoms with E-state index in [1.54, 1.807) is 0 Å². The van der Waals surface area contributed by atoms with E-state index < -0.39 is 0 Å². The van der Waals surface area contributed by atoms with Gasteiger partial charge in [-0.1, -0.05) is 13.0 Å². The molecule has 0 aromatic carbocycles. The van der Waals surface area contributed by atoms with Crippen molar-refractivity contribution in [3.05, 3.63) is 29.1 Å². The van der Waals surface area contributed by atoms with Crippen LogP contribution in [0.4, 0.5) is 0 Å². The molecule has 0 aliphatic heterocycles. The summed E-state index contributed by atoms with van der Waals surface area (Å²) in [5, 5.41) is 0. The quantitative estimate of drug-likeness (QED) is 0.753. The topological polar surface area (TPSA) is 38.9 Å². The number of nitrogens with two attached hydrogens (primary N) is 1. The van der Waals surface area contributed by atoms with Gasteiger partial charge in [-0.25, -0.2) is 0 Å². The maximum atomic E-state index is 6.04. The zero-order valence-corrected chi connectivity index (χ0v) is 8.89. The monoisotopic (exact) mass is 178 g/mol. The van der Waals surface area contributed by atoms with E-state index in [2.05, 4.69) is 18.0 Å². The summed E-state index contributed by atoms with van der Waals surface area (Å²) in [4.78, 5) is 4.48. The fourth-order valence-electron chi connectivity index (χ4n) is 1.47. The van der Waals surface area contributed by atoms with Crippen molar-refractivity contribution in [1.82, 2.24) is 4.98 Å². The number of aromatic nitrogens is 1. The Morgan fingerprint density at radius 3 is 2.46 bits per heavy atom. The minimum absolute atomic E-state index is 0.286. The molecular weight excluding hydrogens is 160 g/mol. The normalized spacial score (nSPS) is 11.8. The Labute approximate surface area is 80.2 Å². The van der Waals surface area contributed by atoms with Gasteiger partial charge in [-0.2, -0.15) is 0 Å². The third kappa shape index (κ3) is 2.28. The summed E-state index contributed by atoms with van der Waals surface area (Å²) < 4.78 is 0. The van der Waals surface area contributed by atoms with Crippen molar-refractivity contribution < 1.29 is 0 Å². The van der Waals surface area contributed by atoms with E-state index in [1.165, 1.54) is 0 Å². The van der Waals surface area contributed by atoms with Crippen LogP contribution in [0.2, 0.25) is 0 Å². The fourth-order valence-corrected chi connectivity index (χ4v) is 1.47. The molecule has 2 nitrogen and oxygen atoms in total. The van der Waals surface area contributed by atoms with Gasteiger partial charge in [-0.05, 0) is 38.8 Å². The Balaban J connectivity index is 3.22. The van der Waals surface area contributed by atoms with Crippen molar-refractivity contribution in [2.45, 2.75) is 39.7 Å². The molecule has 1 rings (SSSR count). The molecule has 2 heteroatoms. The van der Waals surface area contributed by atoms with E-state index in [9.17, 15) is 0 Å². The van der Waals surface area contributed by atoms with Crippen LogP contribution >= 0.6 is 0 Å². The number of hydrogen-bond acceptors (Lipinski definition) is 2. The maximum Gasteiger partial charge on any atom is 0.0454 e. The number of rotatable bonds is 2. The van der Waals surface area contributed by atoms with Crippen molar-refractivity contribution in [1.29, 1.82) is 0 Å². The Bertz CT molecular complexity index is 297.